The molecule has 0 saturated carbocycles. The van der Waals surface area contributed by atoms with Crippen LogP contribution in [-0.2, 0) is 9.84 Å². The van der Waals surface area contributed by atoms with Gasteiger partial charge in [0.2, 0.25) is 0 Å². The summed E-state index contributed by atoms with van der Waals surface area (Å²) in [5, 5.41) is 4.90. The summed E-state index contributed by atoms with van der Waals surface area (Å²) in [6, 6.07) is 6.79. The SMILES string of the molecule is CC(C)c1cn(C2CCN(CCN3CCS(=O)(=O)CC3)CC2)nc1-c1ccc(C(F)F)cc1. The lowest BCUT2D eigenvalue weighted by atomic mass is 9.99. The van der Waals surface area contributed by atoms with Crippen molar-refractivity contribution in [3.05, 3.63) is 41.6 Å². The predicted molar refractivity (Wildman–Crippen MR) is 127 cm³/mol. The number of piperidine rings is 1. The monoisotopic (exact) mass is 480 g/mol. The van der Waals surface area contributed by atoms with E-state index in [9.17, 15) is 17.2 Å². The average Bonchev–Trinajstić information content (AvgIpc) is 3.25. The standard InChI is InChI=1S/C24H34F2N4O2S/c1-18(2)22-17-30(27-23(22)19-3-5-20(6-4-19)24(25)26)21-7-9-28(10-8-21)11-12-29-13-15-33(31,32)16-14-29/h3-6,17-18,21,24H,7-16H2,1-2H3. The van der Waals surface area contributed by atoms with Gasteiger partial charge in [-0.3, -0.25) is 4.68 Å². The van der Waals surface area contributed by atoms with E-state index < -0.39 is 16.3 Å². The van der Waals surface area contributed by atoms with Gasteiger partial charge in [0.15, 0.2) is 9.84 Å². The summed E-state index contributed by atoms with van der Waals surface area (Å²) in [6.07, 6.45) is 1.69. The molecule has 0 aliphatic carbocycles. The Hall–Kier alpha value is -1.84. The van der Waals surface area contributed by atoms with E-state index in [1.54, 1.807) is 12.1 Å². The molecule has 0 bridgehead atoms. The van der Waals surface area contributed by atoms with E-state index >= 15 is 0 Å². The Morgan fingerprint density at radius 1 is 0.970 bits per heavy atom. The van der Waals surface area contributed by atoms with Gasteiger partial charge in [-0.15, -0.1) is 0 Å². The average molecular weight is 481 g/mol. The number of likely N-dealkylation sites (tertiary alicyclic amines) is 1. The third-order valence-corrected chi connectivity index (χ3v) is 8.53. The number of sulfone groups is 1. The van der Waals surface area contributed by atoms with E-state index in [-0.39, 0.29) is 23.0 Å². The van der Waals surface area contributed by atoms with Gasteiger partial charge in [-0.25, -0.2) is 17.2 Å². The second kappa shape index (κ2) is 10.2. The van der Waals surface area contributed by atoms with Crippen LogP contribution in [0.3, 0.4) is 0 Å². The van der Waals surface area contributed by atoms with Gasteiger partial charge in [0.05, 0.1) is 23.2 Å². The molecular weight excluding hydrogens is 446 g/mol. The Bertz CT molecular complexity index is 1020. The van der Waals surface area contributed by atoms with Crippen molar-refractivity contribution in [3.63, 3.8) is 0 Å². The summed E-state index contributed by atoms with van der Waals surface area (Å²) in [4.78, 5) is 4.71. The van der Waals surface area contributed by atoms with Crippen molar-refractivity contribution in [2.75, 3.05) is 50.8 Å². The first-order valence-electron chi connectivity index (χ1n) is 11.8. The van der Waals surface area contributed by atoms with Crippen LogP contribution in [0.2, 0.25) is 0 Å². The van der Waals surface area contributed by atoms with Crippen LogP contribution in [-0.4, -0.2) is 78.8 Å². The molecule has 2 aromatic rings. The number of rotatable bonds is 7. The van der Waals surface area contributed by atoms with E-state index in [0.29, 0.717) is 19.1 Å². The molecule has 9 heteroatoms. The highest BCUT2D eigenvalue weighted by Crippen LogP contribution is 2.32. The summed E-state index contributed by atoms with van der Waals surface area (Å²) >= 11 is 0. The number of aromatic nitrogens is 2. The lowest BCUT2D eigenvalue weighted by Crippen LogP contribution is -2.45. The summed E-state index contributed by atoms with van der Waals surface area (Å²) in [7, 11) is -2.83. The van der Waals surface area contributed by atoms with Crippen LogP contribution in [0.1, 0.15) is 56.2 Å². The molecule has 6 nitrogen and oxygen atoms in total. The summed E-state index contributed by atoms with van der Waals surface area (Å²) < 4.78 is 51.1. The highest BCUT2D eigenvalue weighted by Gasteiger charge is 2.25. The molecule has 2 fully saturated rings. The van der Waals surface area contributed by atoms with E-state index in [0.717, 1.165) is 55.8 Å². The summed E-state index contributed by atoms with van der Waals surface area (Å²) in [5.41, 5.74) is 2.93. The first-order chi connectivity index (χ1) is 15.7. The van der Waals surface area contributed by atoms with E-state index in [1.807, 2.05) is 0 Å². The van der Waals surface area contributed by atoms with Crippen molar-refractivity contribution in [3.8, 4) is 11.3 Å². The highest BCUT2D eigenvalue weighted by atomic mass is 32.2. The van der Waals surface area contributed by atoms with Crippen molar-refractivity contribution in [2.45, 2.75) is 45.1 Å². The largest absolute Gasteiger partial charge is 0.302 e. The number of benzene rings is 1. The zero-order chi connectivity index (χ0) is 23.6. The molecule has 3 heterocycles. The van der Waals surface area contributed by atoms with Gasteiger partial charge in [0.25, 0.3) is 6.43 Å². The fraction of sp³-hybridized carbons (Fsp3) is 0.625. The summed E-state index contributed by atoms with van der Waals surface area (Å²) in [6.45, 7) is 9.41. The van der Waals surface area contributed by atoms with Gasteiger partial charge in [0, 0.05) is 62.2 Å². The predicted octanol–water partition coefficient (Wildman–Crippen LogP) is 3.98. The Balaban J connectivity index is 1.36. The van der Waals surface area contributed by atoms with Crippen molar-refractivity contribution in [2.24, 2.45) is 0 Å². The molecule has 2 aliphatic rings. The molecule has 2 aliphatic heterocycles. The van der Waals surface area contributed by atoms with Crippen LogP contribution in [0.4, 0.5) is 8.78 Å². The maximum absolute atomic E-state index is 12.9. The lowest BCUT2D eigenvalue weighted by Gasteiger charge is -2.34. The Kier molecular flexibility index (Phi) is 7.50. The topological polar surface area (TPSA) is 58.4 Å². The number of halogens is 2. The van der Waals surface area contributed by atoms with Crippen LogP contribution in [0, 0.1) is 0 Å². The molecule has 2 saturated heterocycles. The Morgan fingerprint density at radius 3 is 2.09 bits per heavy atom. The lowest BCUT2D eigenvalue weighted by molar-refractivity contribution is 0.151. The molecule has 4 rings (SSSR count). The zero-order valence-corrected chi connectivity index (χ0v) is 20.3. The second-order valence-corrected chi connectivity index (χ2v) is 11.9. The third-order valence-electron chi connectivity index (χ3n) is 6.92. The maximum atomic E-state index is 12.9. The highest BCUT2D eigenvalue weighted by molar-refractivity contribution is 7.91. The maximum Gasteiger partial charge on any atom is 0.263 e. The van der Waals surface area contributed by atoms with Crippen molar-refractivity contribution in [1.82, 2.24) is 19.6 Å². The van der Waals surface area contributed by atoms with E-state index in [1.165, 1.54) is 12.1 Å². The third kappa shape index (κ3) is 6.00. The van der Waals surface area contributed by atoms with Crippen LogP contribution in [0.5, 0.6) is 0 Å². The first-order valence-corrected chi connectivity index (χ1v) is 13.7. The molecule has 0 N–H and O–H groups in total. The number of hydrogen-bond acceptors (Lipinski definition) is 5. The van der Waals surface area contributed by atoms with Gasteiger partial charge < -0.3 is 9.80 Å². The molecule has 0 amide bonds. The number of hydrogen-bond donors (Lipinski definition) is 0. The molecular formula is C24H34F2N4O2S. The summed E-state index contributed by atoms with van der Waals surface area (Å²) in [5.74, 6) is 0.844. The van der Waals surface area contributed by atoms with Crippen molar-refractivity contribution < 1.29 is 17.2 Å². The quantitative estimate of drug-likeness (QED) is 0.600. The van der Waals surface area contributed by atoms with Crippen molar-refractivity contribution in [1.29, 1.82) is 0 Å². The van der Waals surface area contributed by atoms with Gasteiger partial charge in [-0.2, -0.15) is 5.10 Å². The molecule has 1 aromatic heterocycles. The Labute approximate surface area is 195 Å². The number of alkyl halides is 2. The molecule has 182 valence electrons. The van der Waals surface area contributed by atoms with Gasteiger partial charge in [-0.05, 0) is 18.8 Å². The van der Waals surface area contributed by atoms with Gasteiger partial charge in [0.1, 0.15) is 0 Å². The van der Waals surface area contributed by atoms with Crippen LogP contribution in [0.25, 0.3) is 11.3 Å². The minimum absolute atomic E-state index is 0.0304. The van der Waals surface area contributed by atoms with Crippen LogP contribution >= 0.6 is 0 Å². The second-order valence-electron chi connectivity index (χ2n) is 9.56. The van der Waals surface area contributed by atoms with Crippen LogP contribution < -0.4 is 0 Å². The smallest absolute Gasteiger partial charge is 0.263 e. The molecule has 0 radical (unpaired) electrons. The molecule has 1 aromatic carbocycles. The van der Waals surface area contributed by atoms with Gasteiger partial charge >= 0.3 is 0 Å². The van der Waals surface area contributed by atoms with Crippen LogP contribution in [0.15, 0.2) is 30.5 Å². The molecule has 0 spiro atoms. The minimum atomic E-state index is -2.83. The molecule has 0 atom stereocenters. The molecule has 0 unspecified atom stereocenters. The van der Waals surface area contributed by atoms with E-state index in [2.05, 4.69) is 34.5 Å². The Morgan fingerprint density at radius 2 is 1.55 bits per heavy atom. The fourth-order valence-corrected chi connectivity index (χ4v) is 5.97. The van der Waals surface area contributed by atoms with Crippen molar-refractivity contribution >= 4 is 9.84 Å². The minimum Gasteiger partial charge on any atom is -0.302 e. The first kappa shape index (κ1) is 24.3. The molecule has 33 heavy (non-hydrogen) atoms. The van der Waals surface area contributed by atoms with E-state index in [4.69, 9.17) is 5.10 Å². The number of nitrogens with zero attached hydrogens (tertiary/aromatic N) is 4. The van der Waals surface area contributed by atoms with Gasteiger partial charge in [-0.1, -0.05) is 38.1 Å². The zero-order valence-electron chi connectivity index (χ0n) is 19.5. The normalized spacial score (nSPS) is 20.7. The fourth-order valence-electron chi connectivity index (χ4n) is 4.69.